The monoisotopic (exact) mass is 198 g/mol. The average Bonchev–Trinajstić information content (AvgIpc) is 2.65. The molecule has 1 N–H and O–H groups in total. The number of nitrogens with one attached hydrogen (secondary N) is 1. The Labute approximate surface area is 84.9 Å². The molecule has 1 heterocycles. The normalized spacial score (nSPS) is 20.6. The molecule has 80 valence electrons. The third-order valence-corrected chi connectivity index (χ3v) is 2.42. The van der Waals surface area contributed by atoms with E-state index in [-0.39, 0.29) is 12.5 Å². The summed E-state index contributed by atoms with van der Waals surface area (Å²) in [5.74, 6) is 0.595. The van der Waals surface area contributed by atoms with Gasteiger partial charge in [-0.05, 0) is 19.9 Å². The number of nitrogens with zero attached hydrogens (tertiary/aromatic N) is 1. The lowest BCUT2D eigenvalue weighted by atomic mass is 10.2. The van der Waals surface area contributed by atoms with Crippen LogP contribution < -0.4 is 5.32 Å². The van der Waals surface area contributed by atoms with Gasteiger partial charge in [0.25, 0.3) is 5.91 Å². The number of rotatable bonds is 4. The summed E-state index contributed by atoms with van der Waals surface area (Å²) >= 11 is 0. The standard InChI is InChI=1S/C10H18N2O2/c1-8(2)14-7-10(13)12(3)9-4-5-11-6-9/h9,11H,1,4-7H2,2-3H3. The molecule has 4 heteroatoms. The summed E-state index contributed by atoms with van der Waals surface area (Å²) in [4.78, 5) is 13.3. The maximum atomic E-state index is 11.6. The Morgan fingerprint density at radius 3 is 2.93 bits per heavy atom. The van der Waals surface area contributed by atoms with Crippen molar-refractivity contribution in [2.75, 3.05) is 26.7 Å². The van der Waals surface area contributed by atoms with E-state index in [1.807, 2.05) is 7.05 Å². The van der Waals surface area contributed by atoms with Crippen LogP contribution in [0.4, 0.5) is 0 Å². The lowest BCUT2D eigenvalue weighted by Crippen LogP contribution is -2.40. The van der Waals surface area contributed by atoms with Crippen LogP contribution in [-0.4, -0.2) is 43.6 Å². The predicted octanol–water partition coefficient (Wildman–Crippen LogP) is 0.357. The quantitative estimate of drug-likeness (QED) is 0.663. The molecule has 4 nitrogen and oxygen atoms in total. The zero-order valence-electron chi connectivity index (χ0n) is 8.88. The Morgan fingerprint density at radius 2 is 2.43 bits per heavy atom. The maximum absolute atomic E-state index is 11.6. The average molecular weight is 198 g/mol. The topological polar surface area (TPSA) is 41.6 Å². The van der Waals surface area contributed by atoms with Crippen LogP contribution in [0.1, 0.15) is 13.3 Å². The van der Waals surface area contributed by atoms with Gasteiger partial charge in [0.1, 0.15) is 0 Å². The molecular formula is C10H18N2O2. The van der Waals surface area contributed by atoms with Crippen LogP contribution in [0.2, 0.25) is 0 Å². The molecular weight excluding hydrogens is 180 g/mol. The molecule has 1 amide bonds. The first-order valence-electron chi connectivity index (χ1n) is 4.86. The maximum Gasteiger partial charge on any atom is 0.260 e. The van der Waals surface area contributed by atoms with E-state index < -0.39 is 0 Å². The summed E-state index contributed by atoms with van der Waals surface area (Å²) in [5.41, 5.74) is 0. The van der Waals surface area contributed by atoms with Crippen LogP contribution in [0.3, 0.4) is 0 Å². The van der Waals surface area contributed by atoms with Gasteiger partial charge in [-0.1, -0.05) is 6.58 Å². The molecule has 1 unspecified atom stereocenters. The second-order valence-corrected chi connectivity index (χ2v) is 3.64. The van der Waals surface area contributed by atoms with Crippen LogP contribution in [0.5, 0.6) is 0 Å². The van der Waals surface area contributed by atoms with E-state index >= 15 is 0 Å². The van der Waals surface area contributed by atoms with Crippen molar-refractivity contribution in [3.63, 3.8) is 0 Å². The van der Waals surface area contributed by atoms with Crippen molar-refractivity contribution in [3.8, 4) is 0 Å². The van der Waals surface area contributed by atoms with Crippen molar-refractivity contribution >= 4 is 5.91 Å². The number of carbonyl (C=O) groups is 1. The molecule has 0 aromatic rings. The molecule has 0 saturated carbocycles. The van der Waals surface area contributed by atoms with Crippen molar-refractivity contribution in [1.29, 1.82) is 0 Å². The fourth-order valence-corrected chi connectivity index (χ4v) is 1.46. The molecule has 1 aliphatic heterocycles. The molecule has 0 bridgehead atoms. The Balaban J connectivity index is 2.31. The zero-order valence-corrected chi connectivity index (χ0v) is 8.88. The van der Waals surface area contributed by atoms with Crippen LogP contribution in [-0.2, 0) is 9.53 Å². The molecule has 0 aromatic heterocycles. The second kappa shape index (κ2) is 5.00. The smallest absolute Gasteiger partial charge is 0.260 e. The number of amides is 1. The summed E-state index contributed by atoms with van der Waals surface area (Å²) < 4.78 is 5.08. The number of carbonyl (C=O) groups excluding carboxylic acids is 1. The number of hydrogen-bond donors (Lipinski definition) is 1. The zero-order chi connectivity index (χ0) is 10.6. The Kier molecular flexibility index (Phi) is 3.95. The SMILES string of the molecule is C=C(C)OCC(=O)N(C)C1CCNC1. The van der Waals surface area contributed by atoms with Gasteiger partial charge in [-0.3, -0.25) is 4.79 Å². The number of likely N-dealkylation sites (N-methyl/N-ethyl adjacent to an activating group) is 1. The molecule has 0 aliphatic carbocycles. The number of allylic oxidation sites excluding steroid dienone is 1. The van der Waals surface area contributed by atoms with Crippen LogP contribution in [0, 0.1) is 0 Å². The highest BCUT2D eigenvalue weighted by Crippen LogP contribution is 2.06. The molecule has 1 atom stereocenters. The van der Waals surface area contributed by atoms with Gasteiger partial charge in [-0.15, -0.1) is 0 Å². The fourth-order valence-electron chi connectivity index (χ4n) is 1.46. The largest absolute Gasteiger partial charge is 0.489 e. The van der Waals surface area contributed by atoms with Gasteiger partial charge in [-0.25, -0.2) is 0 Å². The van der Waals surface area contributed by atoms with Crippen molar-refractivity contribution < 1.29 is 9.53 Å². The first-order chi connectivity index (χ1) is 6.61. The van der Waals surface area contributed by atoms with E-state index in [1.165, 1.54) is 0 Å². The summed E-state index contributed by atoms with van der Waals surface area (Å²) in [6.07, 6.45) is 1.02. The summed E-state index contributed by atoms with van der Waals surface area (Å²) in [6, 6.07) is 0.316. The van der Waals surface area contributed by atoms with E-state index in [0.717, 1.165) is 19.5 Å². The summed E-state index contributed by atoms with van der Waals surface area (Å²) in [5, 5.41) is 3.22. The van der Waals surface area contributed by atoms with Gasteiger partial charge in [0.2, 0.25) is 0 Å². The minimum absolute atomic E-state index is 0.0155. The molecule has 1 rings (SSSR count). The highest BCUT2D eigenvalue weighted by atomic mass is 16.5. The Hall–Kier alpha value is -1.03. The van der Waals surface area contributed by atoms with Crippen LogP contribution in [0.25, 0.3) is 0 Å². The van der Waals surface area contributed by atoms with Gasteiger partial charge >= 0.3 is 0 Å². The van der Waals surface area contributed by atoms with Gasteiger partial charge in [0.15, 0.2) is 6.61 Å². The fraction of sp³-hybridized carbons (Fsp3) is 0.700. The summed E-state index contributed by atoms with van der Waals surface area (Å²) in [6.45, 7) is 7.29. The van der Waals surface area contributed by atoms with E-state index in [1.54, 1.807) is 11.8 Å². The molecule has 0 spiro atoms. The van der Waals surface area contributed by atoms with E-state index in [2.05, 4.69) is 11.9 Å². The molecule has 1 fully saturated rings. The van der Waals surface area contributed by atoms with Gasteiger partial charge in [0.05, 0.1) is 5.76 Å². The first kappa shape index (κ1) is 11.0. The number of hydrogen-bond acceptors (Lipinski definition) is 3. The molecule has 1 saturated heterocycles. The van der Waals surface area contributed by atoms with E-state index in [4.69, 9.17) is 4.74 Å². The van der Waals surface area contributed by atoms with Gasteiger partial charge < -0.3 is 15.0 Å². The van der Waals surface area contributed by atoms with Gasteiger partial charge in [-0.2, -0.15) is 0 Å². The third kappa shape index (κ3) is 3.03. The van der Waals surface area contributed by atoms with Crippen LogP contribution in [0.15, 0.2) is 12.3 Å². The Bertz CT molecular complexity index is 222. The predicted molar refractivity (Wildman–Crippen MR) is 54.8 cm³/mol. The molecule has 1 aliphatic rings. The lowest BCUT2D eigenvalue weighted by molar-refractivity contribution is -0.135. The third-order valence-electron chi connectivity index (χ3n) is 2.42. The lowest BCUT2D eigenvalue weighted by Gasteiger charge is -2.23. The Morgan fingerprint density at radius 1 is 1.71 bits per heavy atom. The van der Waals surface area contributed by atoms with Crippen LogP contribution >= 0.6 is 0 Å². The minimum atomic E-state index is 0.0155. The summed E-state index contributed by atoms with van der Waals surface area (Å²) in [7, 11) is 1.82. The van der Waals surface area contributed by atoms with E-state index in [0.29, 0.717) is 11.8 Å². The highest BCUT2D eigenvalue weighted by Gasteiger charge is 2.22. The molecule has 0 radical (unpaired) electrons. The highest BCUT2D eigenvalue weighted by molar-refractivity contribution is 5.77. The first-order valence-corrected chi connectivity index (χ1v) is 4.86. The molecule has 0 aromatic carbocycles. The van der Waals surface area contributed by atoms with Crippen molar-refractivity contribution in [3.05, 3.63) is 12.3 Å². The number of ether oxygens (including phenoxy) is 1. The second-order valence-electron chi connectivity index (χ2n) is 3.64. The van der Waals surface area contributed by atoms with E-state index in [9.17, 15) is 4.79 Å². The van der Waals surface area contributed by atoms with Crippen molar-refractivity contribution in [2.45, 2.75) is 19.4 Å². The minimum Gasteiger partial charge on any atom is -0.489 e. The van der Waals surface area contributed by atoms with Gasteiger partial charge in [0, 0.05) is 19.6 Å². The van der Waals surface area contributed by atoms with Crippen molar-refractivity contribution in [2.24, 2.45) is 0 Å². The van der Waals surface area contributed by atoms with Crippen molar-refractivity contribution in [1.82, 2.24) is 10.2 Å². The molecule has 14 heavy (non-hydrogen) atoms.